The number of benzene rings is 1. The van der Waals surface area contributed by atoms with Crippen LogP contribution in [0.3, 0.4) is 0 Å². The Hall–Kier alpha value is -1.69. The Morgan fingerprint density at radius 1 is 1.27 bits per heavy atom. The molecule has 0 aliphatic rings. The number of hydrogen-bond acceptors (Lipinski definition) is 4. The molecule has 0 bridgehead atoms. The lowest BCUT2D eigenvalue weighted by atomic mass is 10.2. The Kier molecular flexibility index (Phi) is 4.76. The van der Waals surface area contributed by atoms with Crippen LogP contribution in [-0.2, 0) is 16.2 Å². The number of para-hydroxylation sites is 1. The van der Waals surface area contributed by atoms with E-state index in [1.165, 1.54) is 35.6 Å². The topological polar surface area (TPSA) is 78.0 Å². The number of aromatic nitrogens is 2. The van der Waals surface area contributed by atoms with E-state index in [9.17, 15) is 21.6 Å². The molecule has 0 saturated carbocycles. The molecule has 0 aliphatic heterocycles. The summed E-state index contributed by atoms with van der Waals surface area (Å²) in [5, 5.41) is 10.6. The van der Waals surface area contributed by atoms with E-state index in [1.807, 2.05) is 0 Å². The third-order valence-corrected chi connectivity index (χ3v) is 6.89. The van der Waals surface area contributed by atoms with Gasteiger partial charge in [-0.25, -0.2) is 18.2 Å². The molecule has 0 radical (unpaired) electrons. The standard InChI is InChI=1S/C15H11BrF3N3O2S2/c1-8-7-25-14(13(8)16)10-6-12(15(17,18)19)21-22(10)9-4-2-3-5-11(9)26(20,23)24/h2-7H,1H3,(H2,20,23,24). The molecule has 0 fully saturated rings. The summed E-state index contributed by atoms with van der Waals surface area (Å²) in [4.78, 5) is 0.178. The molecule has 138 valence electrons. The molecule has 2 heterocycles. The second-order valence-electron chi connectivity index (χ2n) is 5.40. The summed E-state index contributed by atoms with van der Waals surface area (Å²) in [5.41, 5.74) is -0.238. The predicted octanol–water partition coefficient (Wildman–Crippen LogP) is 4.34. The van der Waals surface area contributed by atoms with Gasteiger partial charge in [-0.2, -0.15) is 18.3 Å². The third kappa shape index (κ3) is 3.43. The number of nitrogens with zero attached hydrogens (tertiary/aromatic N) is 2. The minimum Gasteiger partial charge on any atom is -0.230 e. The monoisotopic (exact) mass is 465 g/mol. The molecular formula is C15H11BrF3N3O2S2. The lowest BCUT2D eigenvalue weighted by Crippen LogP contribution is -2.16. The zero-order valence-corrected chi connectivity index (χ0v) is 16.3. The molecule has 2 aromatic heterocycles. The summed E-state index contributed by atoms with van der Waals surface area (Å²) in [6.07, 6.45) is -4.69. The highest BCUT2D eigenvalue weighted by molar-refractivity contribution is 9.10. The number of primary sulfonamides is 1. The highest BCUT2D eigenvalue weighted by Gasteiger charge is 2.36. The SMILES string of the molecule is Cc1csc(-c2cc(C(F)(F)F)nn2-c2ccccc2S(N)(=O)=O)c1Br. The molecular weight excluding hydrogens is 455 g/mol. The largest absolute Gasteiger partial charge is 0.435 e. The van der Waals surface area contributed by atoms with Crippen molar-refractivity contribution in [3.05, 3.63) is 51.4 Å². The fourth-order valence-electron chi connectivity index (χ4n) is 2.34. The van der Waals surface area contributed by atoms with Gasteiger partial charge in [-0.15, -0.1) is 11.3 Å². The second kappa shape index (κ2) is 6.48. The quantitative estimate of drug-likeness (QED) is 0.624. The molecule has 0 amide bonds. The molecule has 0 aliphatic carbocycles. The van der Waals surface area contributed by atoms with Crippen LogP contribution < -0.4 is 5.14 Å². The van der Waals surface area contributed by atoms with Crippen LogP contribution in [0.2, 0.25) is 0 Å². The molecule has 26 heavy (non-hydrogen) atoms. The maximum absolute atomic E-state index is 13.2. The van der Waals surface area contributed by atoms with E-state index >= 15 is 0 Å². The maximum atomic E-state index is 13.2. The molecule has 5 nitrogen and oxygen atoms in total. The van der Waals surface area contributed by atoms with Gasteiger partial charge < -0.3 is 0 Å². The number of hydrogen-bond donors (Lipinski definition) is 1. The number of aryl methyl sites for hydroxylation is 1. The Labute approximate surface area is 159 Å². The van der Waals surface area contributed by atoms with Crippen molar-refractivity contribution in [2.75, 3.05) is 0 Å². The summed E-state index contributed by atoms with van der Waals surface area (Å²) >= 11 is 4.58. The fourth-order valence-corrected chi connectivity index (χ4v) is 4.75. The van der Waals surface area contributed by atoms with Crippen molar-refractivity contribution in [1.29, 1.82) is 0 Å². The summed E-state index contributed by atoms with van der Waals surface area (Å²) in [6, 6.07) is 6.39. The second-order valence-corrected chi connectivity index (χ2v) is 8.60. The van der Waals surface area contributed by atoms with E-state index < -0.39 is 21.9 Å². The van der Waals surface area contributed by atoms with Gasteiger partial charge in [-0.05, 0) is 52.0 Å². The van der Waals surface area contributed by atoms with Crippen LogP contribution in [-0.4, -0.2) is 18.2 Å². The number of rotatable bonds is 3. The molecule has 0 unspecified atom stereocenters. The van der Waals surface area contributed by atoms with E-state index in [0.29, 0.717) is 9.35 Å². The van der Waals surface area contributed by atoms with Crippen molar-refractivity contribution < 1.29 is 21.6 Å². The first kappa shape index (κ1) is 19.1. The molecule has 1 aromatic carbocycles. The summed E-state index contributed by atoms with van der Waals surface area (Å²) in [5.74, 6) is 0. The van der Waals surface area contributed by atoms with E-state index in [2.05, 4.69) is 21.0 Å². The van der Waals surface area contributed by atoms with Crippen LogP contribution in [0, 0.1) is 6.92 Å². The first-order chi connectivity index (χ1) is 12.0. The van der Waals surface area contributed by atoms with Gasteiger partial charge in [0.15, 0.2) is 5.69 Å². The Balaban J connectivity index is 2.36. The van der Waals surface area contributed by atoms with Gasteiger partial charge >= 0.3 is 6.18 Å². The normalized spacial score (nSPS) is 12.5. The smallest absolute Gasteiger partial charge is 0.230 e. The van der Waals surface area contributed by atoms with Gasteiger partial charge in [0.25, 0.3) is 0 Å². The summed E-state index contributed by atoms with van der Waals surface area (Å²) < 4.78 is 65.0. The van der Waals surface area contributed by atoms with Crippen molar-refractivity contribution in [2.45, 2.75) is 18.0 Å². The molecule has 3 aromatic rings. The van der Waals surface area contributed by atoms with Crippen molar-refractivity contribution >= 4 is 37.3 Å². The third-order valence-electron chi connectivity index (χ3n) is 3.53. The van der Waals surface area contributed by atoms with Gasteiger partial charge in [0.2, 0.25) is 10.0 Å². The average molecular weight is 466 g/mol. The van der Waals surface area contributed by atoms with E-state index in [-0.39, 0.29) is 16.3 Å². The zero-order chi connectivity index (χ0) is 19.3. The van der Waals surface area contributed by atoms with Gasteiger partial charge in [0.05, 0.1) is 16.3 Å². The lowest BCUT2D eigenvalue weighted by Gasteiger charge is -2.11. The fraction of sp³-hybridized carbons (Fsp3) is 0.133. The van der Waals surface area contributed by atoms with Crippen molar-refractivity contribution in [2.24, 2.45) is 5.14 Å². The molecule has 0 spiro atoms. The molecule has 11 heteroatoms. The maximum Gasteiger partial charge on any atom is 0.435 e. The average Bonchev–Trinajstić information content (AvgIpc) is 3.11. The Bertz CT molecular complexity index is 1090. The van der Waals surface area contributed by atoms with Gasteiger partial charge in [0, 0.05) is 4.47 Å². The molecule has 0 saturated heterocycles. The van der Waals surface area contributed by atoms with Crippen LogP contribution >= 0.6 is 27.3 Å². The first-order valence-corrected chi connectivity index (χ1v) is 10.3. The van der Waals surface area contributed by atoms with Gasteiger partial charge in [0.1, 0.15) is 4.90 Å². The van der Waals surface area contributed by atoms with Crippen LogP contribution in [0.4, 0.5) is 13.2 Å². The zero-order valence-electron chi connectivity index (χ0n) is 13.1. The number of halogens is 4. The van der Waals surface area contributed by atoms with Crippen molar-refractivity contribution in [3.8, 4) is 16.3 Å². The van der Waals surface area contributed by atoms with Gasteiger partial charge in [-0.1, -0.05) is 12.1 Å². The van der Waals surface area contributed by atoms with Crippen molar-refractivity contribution in [3.63, 3.8) is 0 Å². The number of nitrogens with two attached hydrogens (primary N) is 1. The van der Waals surface area contributed by atoms with Crippen LogP contribution in [0.15, 0.2) is 45.1 Å². The minimum absolute atomic E-state index is 0.0570. The molecule has 2 N–H and O–H groups in total. The molecule has 0 atom stereocenters. The van der Waals surface area contributed by atoms with Crippen LogP contribution in [0.1, 0.15) is 11.3 Å². The summed E-state index contributed by atoms with van der Waals surface area (Å²) in [7, 11) is -4.16. The summed E-state index contributed by atoms with van der Waals surface area (Å²) in [6.45, 7) is 1.80. The van der Waals surface area contributed by atoms with E-state index in [0.717, 1.165) is 16.3 Å². The highest BCUT2D eigenvalue weighted by Crippen LogP contribution is 2.40. The number of thiophene rings is 1. The highest BCUT2D eigenvalue weighted by atomic mass is 79.9. The number of alkyl halides is 3. The van der Waals surface area contributed by atoms with Crippen LogP contribution in [0.25, 0.3) is 16.3 Å². The van der Waals surface area contributed by atoms with Gasteiger partial charge in [-0.3, -0.25) is 0 Å². The molecule has 3 rings (SSSR count). The Morgan fingerprint density at radius 2 is 1.92 bits per heavy atom. The first-order valence-electron chi connectivity index (χ1n) is 7.03. The van der Waals surface area contributed by atoms with E-state index in [4.69, 9.17) is 5.14 Å². The predicted molar refractivity (Wildman–Crippen MR) is 95.7 cm³/mol. The lowest BCUT2D eigenvalue weighted by molar-refractivity contribution is -0.141. The van der Waals surface area contributed by atoms with Crippen LogP contribution in [0.5, 0.6) is 0 Å². The van der Waals surface area contributed by atoms with E-state index in [1.54, 1.807) is 12.3 Å². The van der Waals surface area contributed by atoms with Crippen molar-refractivity contribution in [1.82, 2.24) is 9.78 Å². The Morgan fingerprint density at radius 3 is 2.46 bits per heavy atom. The minimum atomic E-state index is -4.69. The number of sulfonamides is 1.